The van der Waals surface area contributed by atoms with E-state index in [0.717, 1.165) is 0 Å². The van der Waals surface area contributed by atoms with Gasteiger partial charge in [-0.25, -0.2) is 4.39 Å². The molecule has 0 spiro atoms. The number of halogens is 1. The topological polar surface area (TPSA) is 67.8 Å². The summed E-state index contributed by atoms with van der Waals surface area (Å²) in [7, 11) is 1.38. The highest BCUT2D eigenvalue weighted by atomic mass is 32.2. The number of aliphatic hydroxyl groups excluding tert-OH is 1. The Morgan fingerprint density at radius 1 is 1.03 bits per heavy atom. The Balaban J connectivity index is 1.67. The number of benzene rings is 3. The number of rotatable bonds is 4. The third kappa shape index (κ3) is 4.06. The van der Waals surface area contributed by atoms with Crippen LogP contribution in [0.4, 0.5) is 10.1 Å². The molecule has 7 heteroatoms. The van der Waals surface area contributed by atoms with Gasteiger partial charge in [0, 0.05) is 4.90 Å². The number of nitrogens with one attached hydrogen (secondary N) is 1. The van der Waals surface area contributed by atoms with Crippen LogP contribution in [0.25, 0.3) is 0 Å². The van der Waals surface area contributed by atoms with Gasteiger partial charge in [-0.1, -0.05) is 24.3 Å². The maximum Gasteiger partial charge on any atom is 0.254 e. The van der Waals surface area contributed by atoms with Crippen molar-refractivity contribution in [2.24, 2.45) is 0 Å². The zero-order valence-electron chi connectivity index (χ0n) is 15.5. The van der Waals surface area contributed by atoms with Crippen LogP contribution in [0.1, 0.15) is 10.8 Å². The molecule has 0 aromatic heterocycles. The number of hydrogen-bond donors (Lipinski definition) is 2. The van der Waals surface area contributed by atoms with E-state index in [1.54, 1.807) is 24.3 Å². The highest BCUT2D eigenvalue weighted by molar-refractivity contribution is 7.99. The van der Waals surface area contributed by atoms with Crippen LogP contribution in [-0.2, 0) is 4.79 Å². The van der Waals surface area contributed by atoms with Gasteiger partial charge in [-0.3, -0.25) is 4.79 Å². The normalized spacial score (nSPS) is 18.4. The Hall–Kier alpha value is -3.03. The van der Waals surface area contributed by atoms with Crippen molar-refractivity contribution >= 4 is 23.4 Å². The van der Waals surface area contributed by atoms with Gasteiger partial charge in [-0.2, -0.15) is 0 Å². The predicted octanol–water partition coefficient (Wildman–Crippen LogP) is 4.77. The smallest absolute Gasteiger partial charge is 0.254 e. The van der Waals surface area contributed by atoms with Gasteiger partial charge in [-0.05, 0) is 48.0 Å². The molecular formula is C22H18FNO4S. The van der Waals surface area contributed by atoms with Crippen molar-refractivity contribution in [2.45, 2.75) is 16.2 Å². The first kappa shape index (κ1) is 19.3. The number of ether oxygens (including phenoxy) is 2. The van der Waals surface area contributed by atoms with Crippen molar-refractivity contribution in [3.8, 4) is 17.2 Å². The first-order valence-corrected chi connectivity index (χ1v) is 9.79. The molecule has 1 aliphatic heterocycles. The molecule has 0 saturated heterocycles. The third-order valence-corrected chi connectivity index (χ3v) is 5.88. The average Bonchev–Trinajstić information content (AvgIpc) is 2.85. The van der Waals surface area contributed by atoms with E-state index in [4.69, 9.17) is 9.47 Å². The molecule has 0 saturated carbocycles. The molecule has 1 heterocycles. The molecule has 29 heavy (non-hydrogen) atoms. The Morgan fingerprint density at radius 2 is 1.83 bits per heavy atom. The number of thioether (sulfide) groups is 1. The number of methoxy groups -OCH3 is 1. The lowest BCUT2D eigenvalue weighted by atomic mass is 10.1. The highest BCUT2D eigenvalue weighted by Gasteiger charge is 2.33. The molecule has 0 unspecified atom stereocenters. The van der Waals surface area contributed by atoms with E-state index in [9.17, 15) is 14.3 Å². The molecule has 3 aromatic carbocycles. The predicted molar refractivity (Wildman–Crippen MR) is 109 cm³/mol. The van der Waals surface area contributed by atoms with Crippen molar-refractivity contribution in [1.82, 2.24) is 0 Å². The van der Waals surface area contributed by atoms with Crippen molar-refractivity contribution in [2.75, 3.05) is 12.4 Å². The summed E-state index contributed by atoms with van der Waals surface area (Å²) in [4.78, 5) is 13.1. The van der Waals surface area contributed by atoms with Crippen LogP contribution in [-0.4, -0.2) is 24.2 Å². The van der Waals surface area contributed by atoms with Crippen LogP contribution < -0.4 is 14.8 Å². The van der Waals surface area contributed by atoms with Crippen molar-refractivity contribution in [3.05, 3.63) is 78.1 Å². The molecule has 5 nitrogen and oxygen atoms in total. The van der Waals surface area contributed by atoms with Crippen LogP contribution in [0.2, 0.25) is 0 Å². The number of anilines is 1. The Bertz CT molecular complexity index is 1040. The molecule has 0 radical (unpaired) electrons. The molecular weight excluding hydrogens is 393 g/mol. The monoisotopic (exact) mass is 411 g/mol. The molecule has 2 N–H and O–H groups in total. The Labute approximate surface area is 171 Å². The summed E-state index contributed by atoms with van der Waals surface area (Å²) in [6.45, 7) is 0. The zero-order chi connectivity index (χ0) is 20.4. The highest BCUT2D eigenvalue weighted by Crippen LogP contribution is 2.45. The van der Waals surface area contributed by atoms with Crippen LogP contribution in [0.15, 0.2) is 71.6 Å². The van der Waals surface area contributed by atoms with Gasteiger partial charge in [0.25, 0.3) is 5.91 Å². The van der Waals surface area contributed by atoms with Crippen molar-refractivity contribution in [3.63, 3.8) is 0 Å². The SMILES string of the molecule is COc1ccc([C@H]2Sc3cc(Oc4ccccc4)ccc3NC(=O)[C@H]2O)cc1F. The van der Waals surface area contributed by atoms with E-state index >= 15 is 0 Å². The summed E-state index contributed by atoms with van der Waals surface area (Å²) in [5.41, 5.74) is 1.05. The number of aliphatic hydroxyl groups is 1. The summed E-state index contributed by atoms with van der Waals surface area (Å²) in [5, 5.41) is 12.6. The van der Waals surface area contributed by atoms with Crippen molar-refractivity contribution < 1.29 is 23.8 Å². The molecule has 2 atom stereocenters. The molecule has 0 bridgehead atoms. The number of fused-ring (bicyclic) bond motifs is 1. The van der Waals surface area contributed by atoms with Crippen molar-refractivity contribution in [1.29, 1.82) is 0 Å². The standard InChI is InChI=1S/C22H18FNO4S/c1-27-18-10-7-13(11-16(18)23)21-20(25)22(26)24-17-9-8-15(12-19(17)29-21)28-14-5-3-2-4-6-14/h2-12,20-21,25H,1H3,(H,24,26)/t20-,21+/m0/s1. The Morgan fingerprint density at radius 3 is 2.55 bits per heavy atom. The van der Waals surface area contributed by atoms with Gasteiger partial charge in [0.1, 0.15) is 17.6 Å². The van der Waals surface area contributed by atoms with Gasteiger partial charge in [-0.15, -0.1) is 11.8 Å². The van der Waals surface area contributed by atoms with Crippen LogP contribution >= 0.6 is 11.8 Å². The first-order chi connectivity index (χ1) is 14.0. The molecule has 3 aromatic rings. The van der Waals surface area contributed by atoms with Gasteiger partial charge in [0.2, 0.25) is 0 Å². The lowest BCUT2D eigenvalue weighted by Crippen LogP contribution is -2.30. The van der Waals surface area contributed by atoms with Gasteiger partial charge in [0.05, 0.1) is 18.0 Å². The summed E-state index contributed by atoms with van der Waals surface area (Å²) in [5.74, 6) is 0.278. The number of amides is 1. The molecule has 4 rings (SSSR count). The lowest BCUT2D eigenvalue weighted by Gasteiger charge is -2.19. The van der Waals surface area contributed by atoms with E-state index in [1.807, 2.05) is 30.3 Å². The molecule has 0 aliphatic carbocycles. The first-order valence-electron chi connectivity index (χ1n) is 8.91. The summed E-state index contributed by atoms with van der Waals surface area (Å²) >= 11 is 1.27. The van der Waals surface area contributed by atoms with E-state index in [-0.39, 0.29) is 5.75 Å². The van der Waals surface area contributed by atoms with E-state index in [1.165, 1.54) is 31.0 Å². The Kier molecular flexibility index (Phi) is 5.42. The van der Waals surface area contributed by atoms with Crippen LogP contribution in [0.5, 0.6) is 17.2 Å². The van der Waals surface area contributed by atoms with Crippen LogP contribution in [0, 0.1) is 5.82 Å². The number of para-hydroxylation sites is 1. The summed E-state index contributed by atoms with van der Waals surface area (Å²) < 4.78 is 25.0. The lowest BCUT2D eigenvalue weighted by molar-refractivity contribution is -0.124. The summed E-state index contributed by atoms with van der Waals surface area (Å²) in [6.07, 6.45) is -1.35. The quantitative estimate of drug-likeness (QED) is 0.647. The minimum absolute atomic E-state index is 0.102. The van der Waals surface area contributed by atoms with E-state index < -0.39 is 23.1 Å². The fourth-order valence-electron chi connectivity index (χ4n) is 3.05. The minimum atomic E-state index is -1.35. The largest absolute Gasteiger partial charge is 0.494 e. The third-order valence-electron chi connectivity index (χ3n) is 4.50. The fraction of sp³-hybridized carbons (Fsp3) is 0.136. The number of carbonyl (C=O) groups is 1. The molecule has 148 valence electrons. The summed E-state index contributed by atoms with van der Waals surface area (Å²) in [6, 6.07) is 19.0. The van der Waals surface area contributed by atoms with E-state index in [0.29, 0.717) is 27.6 Å². The molecule has 1 aliphatic rings. The second-order valence-electron chi connectivity index (χ2n) is 6.44. The maximum atomic E-state index is 14.2. The second-order valence-corrected chi connectivity index (χ2v) is 7.62. The van der Waals surface area contributed by atoms with E-state index in [2.05, 4.69) is 5.32 Å². The second kappa shape index (κ2) is 8.14. The van der Waals surface area contributed by atoms with Gasteiger partial charge >= 0.3 is 0 Å². The number of carbonyl (C=O) groups excluding carboxylic acids is 1. The van der Waals surface area contributed by atoms with Gasteiger partial charge in [0.15, 0.2) is 11.6 Å². The van der Waals surface area contributed by atoms with Crippen LogP contribution in [0.3, 0.4) is 0 Å². The zero-order valence-corrected chi connectivity index (χ0v) is 16.3. The average molecular weight is 411 g/mol. The van der Waals surface area contributed by atoms with Gasteiger partial charge < -0.3 is 19.9 Å². The fourth-order valence-corrected chi connectivity index (χ4v) is 4.29. The number of hydrogen-bond acceptors (Lipinski definition) is 5. The minimum Gasteiger partial charge on any atom is -0.494 e. The molecule has 1 amide bonds. The maximum absolute atomic E-state index is 14.2. The molecule has 0 fully saturated rings.